The number of benzene rings is 1. The number of hydrogen-bond acceptors (Lipinski definition) is 2. The van der Waals surface area contributed by atoms with Crippen LogP contribution in [0, 0.1) is 11.2 Å². The first kappa shape index (κ1) is 15.6. The minimum absolute atomic E-state index is 0.0711. The van der Waals surface area contributed by atoms with Crippen molar-refractivity contribution < 1.29 is 22.3 Å². The number of nitrogens with two attached hydrogens (primary N) is 1. The largest absolute Gasteiger partial charge is 0.493 e. The van der Waals surface area contributed by atoms with E-state index in [2.05, 4.69) is 0 Å². The lowest BCUT2D eigenvalue weighted by Crippen LogP contribution is -2.37. The van der Waals surface area contributed by atoms with E-state index in [0.29, 0.717) is 24.3 Å². The van der Waals surface area contributed by atoms with Crippen molar-refractivity contribution in [3.8, 4) is 5.75 Å². The molecule has 1 aliphatic carbocycles. The summed E-state index contributed by atoms with van der Waals surface area (Å²) >= 11 is 0. The molecule has 0 bridgehead atoms. The molecule has 22 heavy (non-hydrogen) atoms. The number of halogens is 4. The van der Waals surface area contributed by atoms with Gasteiger partial charge in [-0.3, -0.25) is 0 Å². The van der Waals surface area contributed by atoms with Gasteiger partial charge in [-0.1, -0.05) is 13.8 Å². The van der Waals surface area contributed by atoms with Crippen LogP contribution < -0.4 is 10.5 Å². The highest BCUT2D eigenvalue weighted by Gasteiger charge is 2.70. The summed E-state index contributed by atoms with van der Waals surface area (Å²) in [5, 5.41) is 0. The molecule has 3 rings (SSSR count). The molecular formula is C16H19F4NO. The number of hydrogen-bond donors (Lipinski definition) is 1. The molecule has 1 aromatic carbocycles. The van der Waals surface area contributed by atoms with Crippen molar-refractivity contribution in [2.24, 2.45) is 11.1 Å². The van der Waals surface area contributed by atoms with Crippen molar-refractivity contribution in [1.29, 1.82) is 0 Å². The zero-order valence-corrected chi connectivity index (χ0v) is 12.6. The minimum atomic E-state index is -4.35. The van der Waals surface area contributed by atoms with Gasteiger partial charge in [0.05, 0.1) is 12.0 Å². The van der Waals surface area contributed by atoms with E-state index in [4.69, 9.17) is 10.5 Å². The standard InChI is InChI=1S/C16H19F4NO/c1-14(2,8-15(7-12(15)21)16(18,19)20)11-6-10(17)5-9-3-4-22-13(9)11/h5-6,12H,3-4,7-8,21H2,1-2H3/t12?,15-/m0/s1. The number of rotatable bonds is 3. The third kappa shape index (κ3) is 2.28. The summed E-state index contributed by atoms with van der Waals surface area (Å²) in [4.78, 5) is 0. The minimum Gasteiger partial charge on any atom is -0.493 e. The topological polar surface area (TPSA) is 35.2 Å². The first-order valence-corrected chi connectivity index (χ1v) is 7.35. The van der Waals surface area contributed by atoms with E-state index < -0.39 is 28.9 Å². The Hall–Kier alpha value is -1.30. The van der Waals surface area contributed by atoms with Crippen LogP contribution in [-0.4, -0.2) is 18.8 Å². The maximum Gasteiger partial charge on any atom is 0.396 e. The summed E-state index contributed by atoms with van der Waals surface area (Å²) in [6, 6.07) is 1.81. The Morgan fingerprint density at radius 3 is 2.50 bits per heavy atom. The molecule has 0 amide bonds. The van der Waals surface area contributed by atoms with E-state index in [0.717, 1.165) is 5.56 Å². The molecule has 1 heterocycles. The highest BCUT2D eigenvalue weighted by atomic mass is 19.4. The van der Waals surface area contributed by atoms with Gasteiger partial charge in [0.15, 0.2) is 0 Å². The molecule has 1 saturated carbocycles. The quantitative estimate of drug-likeness (QED) is 0.863. The van der Waals surface area contributed by atoms with Gasteiger partial charge in [0.1, 0.15) is 11.6 Å². The molecule has 1 aliphatic heterocycles. The highest BCUT2D eigenvalue weighted by molar-refractivity contribution is 5.48. The fourth-order valence-corrected chi connectivity index (χ4v) is 3.62. The van der Waals surface area contributed by atoms with Crippen LogP contribution in [-0.2, 0) is 11.8 Å². The van der Waals surface area contributed by atoms with E-state index in [-0.39, 0.29) is 12.8 Å². The van der Waals surface area contributed by atoms with Crippen molar-refractivity contribution >= 4 is 0 Å². The van der Waals surface area contributed by atoms with Gasteiger partial charge in [0, 0.05) is 23.6 Å². The lowest BCUT2D eigenvalue weighted by molar-refractivity contribution is -0.194. The molecule has 1 fully saturated rings. The van der Waals surface area contributed by atoms with Crippen molar-refractivity contribution in [2.45, 2.75) is 50.7 Å². The number of fused-ring (bicyclic) bond motifs is 1. The Labute approximate surface area is 126 Å². The predicted octanol–water partition coefficient (Wildman–Crippen LogP) is 3.71. The Bertz CT molecular complexity index is 611. The third-order valence-electron chi connectivity index (χ3n) is 4.93. The number of ether oxygens (including phenoxy) is 1. The molecule has 0 aromatic heterocycles. The van der Waals surface area contributed by atoms with Gasteiger partial charge in [-0.2, -0.15) is 13.2 Å². The molecule has 0 radical (unpaired) electrons. The van der Waals surface area contributed by atoms with Crippen LogP contribution in [0.15, 0.2) is 12.1 Å². The molecule has 2 N–H and O–H groups in total. The first-order chi connectivity index (χ1) is 10.1. The molecule has 2 atom stereocenters. The van der Waals surface area contributed by atoms with Gasteiger partial charge in [0.2, 0.25) is 0 Å². The Morgan fingerprint density at radius 2 is 1.95 bits per heavy atom. The number of alkyl halides is 3. The van der Waals surface area contributed by atoms with Crippen molar-refractivity contribution in [1.82, 2.24) is 0 Å². The third-order valence-corrected chi connectivity index (χ3v) is 4.93. The zero-order chi connectivity index (χ0) is 16.3. The van der Waals surface area contributed by atoms with Gasteiger partial charge < -0.3 is 10.5 Å². The van der Waals surface area contributed by atoms with Crippen LogP contribution in [0.1, 0.15) is 37.8 Å². The Morgan fingerprint density at radius 1 is 1.32 bits per heavy atom. The Balaban J connectivity index is 1.98. The normalized spacial score (nSPS) is 27.5. The molecule has 2 aliphatic rings. The van der Waals surface area contributed by atoms with E-state index in [1.54, 1.807) is 13.8 Å². The molecule has 0 spiro atoms. The van der Waals surface area contributed by atoms with Crippen LogP contribution >= 0.6 is 0 Å². The second-order valence-corrected chi connectivity index (χ2v) is 7.07. The lowest BCUT2D eigenvalue weighted by atomic mass is 9.74. The average Bonchev–Trinajstić information content (AvgIpc) is 2.83. The van der Waals surface area contributed by atoms with Gasteiger partial charge in [0.25, 0.3) is 0 Å². The van der Waals surface area contributed by atoms with E-state index >= 15 is 0 Å². The van der Waals surface area contributed by atoms with Crippen molar-refractivity contribution in [3.05, 3.63) is 29.1 Å². The summed E-state index contributed by atoms with van der Waals surface area (Å²) in [6.45, 7) is 3.83. The predicted molar refractivity (Wildman–Crippen MR) is 74.3 cm³/mol. The molecule has 0 saturated heterocycles. The molecule has 1 aromatic rings. The molecule has 1 unspecified atom stereocenters. The van der Waals surface area contributed by atoms with Gasteiger partial charge in [-0.05, 0) is 30.4 Å². The fourth-order valence-electron chi connectivity index (χ4n) is 3.62. The summed E-state index contributed by atoms with van der Waals surface area (Å²) < 4.78 is 59.4. The van der Waals surface area contributed by atoms with Crippen LogP contribution in [0.25, 0.3) is 0 Å². The summed E-state index contributed by atoms with van der Waals surface area (Å²) in [7, 11) is 0. The van der Waals surface area contributed by atoms with Crippen molar-refractivity contribution in [3.63, 3.8) is 0 Å². The SMILES string of the molecule is CC(C)(C[C@@]1(C(F)(F)F)CC1N)c1cc(F)cc2c1OCC2. The smallest absolute Gasteiger partial charge is 0.396 e. The summed E-state index contributed by atoms with van der Waals surface area (Å²) in [5.74, 6) is 0.103. The second-order valence-electron chi connectivity index (χ2n) is 7.07. The first-order valence-electron chi connectivity index (χ1n) is 7.35. The van der Waals surface area contributed by atoms with Gasteiger partial charge >= 0.3 is 6.18 Å². The lowest BCUT2D eigenvalue weighted by Gasteiger charge is -2.33. The van der Waals surface area contributed by atoms with Crippen LogP contribution in [0.3, 0.4) is 0 Å². The maximum atomic E-state index is 13.8. The Kier molecular flexibility index (Phi) is 3.26. The zero-order valence-electron chi connectivity index (χ0n) is 12.6. The monoisotopic (exact) mass is 317 g/mol. The van der Waals surface area contributed by atoms with Gasteiger partial charge in [-0.15, -0.1) is 0 Å². The maximum absolute atomic E-state index is 13.8. The van der Waals surface area contributed by atoms with Crippen LogP contribution in [0.4, 0.5) is 17.6 Å². The molecule has 6 heteroatoms. The summed E-state index contributed by atoms with van der Waals surface area (Å²) in [6.07, 6.45) is -4.00. The summed E-state index contributed by atoms with van der Waals surface area (Å²) in [5.41, 5.74) is 4.08. The average molecular weight is 317 g/mol. The molecular weight excluding hydrogens is 298 g/mol. The second kappa shape index (κ2) is 4.60. The van der Waals surface area contributed by atoms with Crippen LogP contribution in [0.5, 0.6) is 5.75 Å². The van der Waals surface area contributed by atoms with Gasteiger partial charge in [-0.25, -0.2) is 4.39 Å². The van der Waals surface area contributed by atoms with E-state index in [9.17, 15) is 17.6 Å². The van der Waals surface area contributed by atoms with Crippen LogP contribution in [0.2, 0.25) is 0 Å². The van der Waals surface area contributed by atoms with Crippen molar-refractivity contribution in [2.75, 3.05) is 6.61 Å². The van der Waals surface area contributed by atoms with E-state index in [1.165, 1.54) is 12.1 Å². The fraction of sp³-hybridized carbons (Fsp3) is 0.625. The van der Waals surface area contributed by atoms with E-state index in [1.807, 2.05) is 0 Å². The molecule has 2 nitrogen and oxygen atoms in total. The molecule has 122 valence electrons. The highest BCUT2D eigenvalue weighted by Crippen LogP contribution is 2.62.